The molecule has 2 atom stereocenters. The molecule has 0 radical (unpaired) electrons. The van der Waals surface area contributed by atoms with Crippen molar-refractivity contribution in [3.63, 3.8) is 0 Å². The number of aliphatic carboxylic acids is 1. The summed E-state index contributed by atoms with van der Waals surface area (Å²) >= 11 is 0. The fraction of sp³-hybridized carbons (Fsp3) is 0.833. The minimum atomic E-state index is -0.973. The molecule has 0 aromatic rings. The summed E-state index contributed by atoms with van der Waals surface area (Å²) in [5, 5.41) is 11.5. The predicted octanol–water partition coefficient (Wildman–Crippen LogP) is 1.17. The molecule has 1 saturated heterocycles. The van der Waals surface area contributed by atoms with Crippen molar-refractivity contribution in [2.45, 2.75) is 51.7 Å². The Morgan fingerprint density at radius 1 is 1.47 bits per heavy atom. The van der Waals surface area contributed by atoms with E-state index in [1.807, 2.05) is 13.8 Å². The minimum Gasteiger partial charge on any atom is -0.480 e. The zero-order valence-corrected chi connectivity index (χ0v) is 10.4. The number of carbonyl (C=O) groups is 2. The maximum Gasteiger partial charge on any atom is 0.326 e. The first-order valence-electron chi connectivity index (χ1n) is 6.12. The average molecular weight is 243 g/mol. The van der Waals surface area contributed by atoms with Crippen LogP contribution < -0.4 is 5.32 Å². The second-order valence-corrected chi connectivity index (χ2v) is 4.93. The van der Waals surface area contributed by atoms with E-state index >= 15 is 0 Å². The fourth-order valence-corrected chi connectivity index (χ4v) is 1.96. The summed E-state index contributed by atoms with van der Waals surface area (Å²) in [6.07, 6.45) is 2.54. The molecule has 1 fully saturated rings. The van der Waals surface area contributed by atoms with Crippen molar-refractivity contribution < 1.29 is 19.4 Å². The molecule has 0 aromatic carbocycles. The number of hydrogen-bond donors (Lipinski definition) is 2. The molecule has 0 spiro atoms. The van der Waals surface area contributed by atoms with Gasteiger partial charge in [-0.1, -0.05) is 13.8 Å². The molecule has 17 heavy (non-hydrogen) atoms. The summed E-state index contributed by atoms with van der Waals surface area (Å²) in [6, 6.07) is -0.788. The van der Waals surface area contributed by atoms with Gasteiger partial charge in [0.1, 0.15) is 6.04 Å². The van der Waals surface area contributed by atoms with E-state index in [1.165, 1.54) is 0 Å². The van der Waals surface area contributed by atoms with Gasteiger partial charge < -0.3 is 15.2 Å². The van der Waals surface area contributed by atoms with Crippen LogP contribution in [-0.2, 0) is 14.3 Å². The second kappa shape index (κ2) is 6.59. The number of hydrogen-bond acceptors (Lipinski definition) is 3. The van der Waals surface area contributed by atoms with Crippen LogP contribution >= 0.6 is 0 Å². The first-order valence-corrected chi connectivity index (χ1v) is 6.12. The summed E-state index contributed by atoms with van der Waals surface area (Å²) in [5.74, 6) is -0.969. The molecular formula is C12H21NO4. The van der Waals surface area contributed by atoms with Crippen molar-refractivity contribution in [1.29, 1.82) is 0 Å². The van der Waals surface area contributed by atoms with E-state index in [0.717, 1.165) is 12.8 Å². The first-order chi connectivity index (χ1) is 7.99. The third kappa shape index (κ3) is 5.17. The molecule has 1 aliphatic heterocycles. The molecule has 1 rings (SSSR count). The number of ether oxygens (including phenoxy) is 1. The van der Waals surface area contributed by atoms with E-state index in [-0.39, 0.29) is 24.3 Å². The Morgan fingerprint density at radius 3 is 2.65 bits per heavy atom. The molecule has 0 aromatic heterocycles. The topological polar surface area (TPSA) is 75.6 Å². The van der Waals surface area contributed by atoms with Crippen molar-refractivity contribution in [3.8, 4) is 0 Å². The highest BCUT2D eigenvalue weighted by molar-refractivity contribution is 5.83. The third-order valence-corrected chi connectivity index (χ3v) is 2.78. The van der Waals surface area contributed by atoms with E-state index in [9.17, 15) is 9.59 Å². The summed E-state index contributed by atoms with van der Waals surface area (Å²) in [5.41, 5.74) is 0. The van der Waals surface area contributed by atoms with Crippen molar-refractivity contribution >= 4 is 11.9 Å². The van der Waals surface area contributed by atoms with Gasteiger partial charge in [-0.2, -0.15) is 0 Å². The van der Waals surface area contributed by atoms with E-state index < -0.39 is 12.0 Å². The molecule has 1 aliphatic rings. The molecular weight excluding hydrogens is 222 g/mol. The van der Waals surface area contributed by atoms with Crippen molar-refractivity contribution in [1.82, 2.24) is 5.32 Å². The number of nitrogens with one attached hydrogen (secondary N) is 1. The quantitative estimate of drug-likeness (QED) is 0.734. The van der Waals surface area contributed by atoms with Gasteiger partial charge >= 0.3 is 5.97 Å². The van der Waals surface area contributed by atoms with E-state index in [2.05, 4.69) is 5.32 Å². The summed E-state index contributed by atoms with van der Waals surface area (Å²) in [7, 11) is 0. The van der Waals surface area contributed by atoms with Crippen LogP contribution in [-0.4, -0.2) is 35.7 Å². The maximum atomic E-state index is 11.6. The van der Waals surface area contributed by atoms with E-state index in [1.54, 1.807) is 0 Å². The number of carboxylic acids is 1. The Hall–Kier alpha value is -1.10. The number of rotatable bonds is 6. The second-order valence-electron chi connectivity index (χ2n) is 4.93. The Balaban J connectivity index is 2.37. The minimum absolute atomic E-state index is 0.0384. The average Bonchev–Trinajstić information content (AvgIpc) is 2.68. The smallest absolute Gasteiger partial charge is 0.326 e. The van der Waals surface area contributed by atoms with E-state index in [0.29, 0.717) is 13.0 Å². The van der Waals surface area contributed by atoms with Gasteiger partial charge in [0.15, 0.2) is 0 Å². The van der Waals surface area contributed by atoms with Gasteiger partial charge in [-0.15, -0.1) is 0 Å². The lowest BCUT2D eigenvalue weighted by Crippen LogP contribution is -2.42. The lowest BCUT2D eigenvalue weighted by Gasteiger charge is -2.17. The highest BCUT2D eigenvalue weighted by atomic mass is 16.5. The molecule has 1 heterocycles. The Kier molecular flexibility index (Phi) is 5.41. The molecule has 0 aliphatic carbocycles. The van der Waals surface area contributed by atoms with Crippen molar-refractivity contribution in [2.24, 2.45) is 5.92 Å². The van der Waals surface area contributed by atoms with E-state index in [4.69, 9.17) is 9.84 Å². The first kappa shape index (κ1) is 14.0. The molecule has 1 unspecified atom stereocenters. The van der Waals surface area contributed by atoms with Gasteiger partial charge in [0, 0.05) is 6.61 Å². The lowest BCUT2D eigenvalue weighted by molar-refractivity contribution is -0.142. The van der Waals surface area contributed by atoms with Gasteiger partial charge in [-0.3, -0.25) is 4.79 Å². The van der Waals surface area contributed by atoms with Gasteiger partial charge in [0.2, 0.25) is 5.91 Å². The standard InChI is InChI=1S/C12H21NO4/c1-8(2)6-10(12(15)16)13-11(14)7-9-4-3-5-17-9/h8-10H,3-7H2,1-2H3,(H,13,14)(H,15,16)/t9?,10-/m0/s1. The van der Waals surface area contributed by atoms with Crippen LogP contribution in [0.1, 0.15) is 39.5 Å². The molecule has 98 valence electrons. The molecule has 2 N–H and O–H groups in total. The maximum absolute atomic E-state index is 11.6. The lowest BCUT2D eigenvalue weighted by atomic mass is 10.0. The SMILES string of the molecule is CC(C)C[C@H](NC(=O)CC1CCCO1)C(=O)O. The normalized spacial score (nSPS) is 21.5. The number of carboxylic acid groups (broad SMARTS) is 1. The molecule has 0 bridgehead atoms. The fourth-order valence-electron chi connectivity index (χ4n) is 1.96. The third-order valence-electron chi connectivity index (χ3n) is 2.78. The molecule has 5 nitrogen and oxygen atoms in total. The largest absolute Gasteiger partial charge is 0.480 e. The number of carbonyl (C=O) groups excluding carboxylic acids is 1. The van der Waals surface area contributed by atoms with Crippen LogP contribution in [0.3, 0.4) is 0 Å². The zero-order valence-electron chi connectivity index (χ0n) is 10.4. The highest BCUT2D eigenvalue weighted by Gasteiger charge is 2.24. The zero-order chi connectivity index (χ0) is 12.8. The highest BCUT2D eigenvalue weighted by Crippen LogP contribution is 2.15. The molecule has 0 saturated carbocycles. The van der Waals surface area contributed by atoms with Crippen LogP contribution in [0.15, 0.2) is 0 Å². The van der Waals surface area contributed by atoms with Crippen LogP contribution in [0.5, 0.6) is 0 Å². The van der Waals surface area contributed by atoms with Crippen LogP contribution in [0.25, 0.3) is 0 Å². The van der Waals surface area contributed by atoms with Crippen molar-refractivity contribution in [2.75, 3.05) is 6.61 Å². The van der Waals surface area contributed by atoms with Crippen LogP contribution in [0.4, 0.5) is 0 Å². The van der Waals surface area contributed by atoms with Gasteiger partial charge in [0.05, 0.1) is 12.5 Å². The Morgan fingerprint density at radius 2 is 2.18 bits per heavy atom. The van der Waals surface area contributed by atoms with Gasteiger partial charge in [-0.25, -0.2) is 4.79 Å². The number of amides is 1. The van der Waals surface area contributed by atoms with Crippen molar-refractivity contribution in [3.05, 3.63) is 0 Å². The van der Waals surface area contributed by atoms with Crippen LogP contribution in [0.2, 0.25) is 0 Å². The predicted molar refractivity (Wildman–Crippen MR) is 62.6 cm³/mol. The Bertz CT molecular complexity index is 272. The van der Waals surface area contributed by atoms with Gasteiger partial charge in [-0.05, 0) is 25.2 Å². The summed E-state index contributed by atoms with van der Waals surface area (Å²) in [4.78, 5) is 22.6. The van der Waals surface area contributed by atoms with Gasteiger partial charge in [0.25, 0.3) is 0 Å². The van der Waals surface area contributed by atoms with Crippen LogP contribution in [0, 0.1) is 5.92 Å². The summed E-state index contributed by atoms with van der Waals surface area (Å²) < 4.78 is 5.34. The Labute approximate surface area is 102 Å². The monoisotopic (exact) mass is 243 g/mol. The summed E-state index contributed by atoms with van der Waals surface area (Å²) in [6.45, 7) is 4.57. The molecule has 5 heteroatoms. The molecule has 1 amide bonds.